The topological polar surface area (TPSA) is 33.1 Å². The molecule has 2 rings (SSSR count). The quantitative estimate of drug-likeness (QED) is 0.913. The standard InChI is InChI=1S/C15H16ClNO/c1-2-11-5-3-4-6-13(11)15(18)9-12-7-8-17-10-14(12)16/h3-8,10,15,18H,2,9H2,1H3. The van der Waals surface area contributed by atoms with E-state index < -0.39 is 6.10 Å². The maximum absolute atomic E-state index is 10.3. The van der Waals surface area contributed by atoms with Crippen molar-refractivity contribution in [1.29, 1.82) is 0 Å². The van der Waals surface area contributed by atoms with E-state index in [-0.39, 0.29) is 0 Å². The molecule has 0 aliphatic carbocycles. The molecule has 1 atom stereocenters. The minimum Gasteiger partial charge on any atom is -0.388 e. The molecule has 94 valence electrons. The Balaban J connectivity index is 2.22. The van der Waals surface area contributed by atoms with Crippen molar-refractivity contribution in [2.75, 3.05) is 0 Å². The van der Waals surface area contributed by atoms with Crippen molar-refractivity contribution in [1.82, 2.24) is 4.98 Å². The molecule has 0 saturated carbocycles. The average Bonchev–Trinajstić information content (AvgIpc) is 2.41. The first-order valence-corrected chi connectivity index (χ1v) is 6.44. The van der Waals surface area contributed by atoms with Crippen LogP contribution in [0.5, 0.6) is 0 Å². The minimum absolute atomic E-state index is 0.512. The molecule has 3 heteroatoms. The van der Waals surface area contributed by atoms with E-state index in [1.54, 1.807) is 12.4 Å². The number of benzene rings is 1. The highest BCUT2D eigenvalue weighted by atomic mass is 35.5. The number of aliphatic hydroxyl groups is 1. The van der Waals surface area contributed by atoms with Crippen LogP contribution in [0.4, 0.5) is 0 Å². The van der Waals surface area contributed by atoms with Gasteiger partial charge in [-0.25, -0.2) is 0 Å². The van der Waals surface area contributed by atoms with Crippen molar-refractivity contribution >= 4 is 11.6 Å². The van der Waals surface area contributed by atoms with E-state index in [4.69, 9.17) is 11.6 Å². The van der Waals surface area contributed by atoms with E-state index in [9.17, 15) is 5.11 Å². The molecule has 1 aromatic heterocycles. The van der Waals surface area contributed by atoms with Crippen LogP contribution < -0.4 is 0 Å². The van der Waals surface area contributed by atoms with E-state index in [0.29, 0.717) is 11.4 Å². The van der Waals surface area contributed by atoms with E-state index in [0.717, 1.165) is 17.5 Å². The lowest BCUT2D eigenvalue weighted by atomic mass is 9.96. The molecule has 0 saturated heterocycles. The van der Waals surface area contributed by atoms with Crippen LogP contribution in [0, 0.1) is 0 Å². The van der Waals surface area contributed by atoms with Crippen LogP contribution in [-0.2, 0) is 12.8 Å². The van der Waals surface area contributed by atoms with Crippen molar-refractivity contribution in [3.8, 4) is 0 Å². The van der Waals surface area contributed by atoms with Gasteiger partial charge in [0.1, 0.15) is 0 Å². The highest BCUT2D eigenvalue weighted by molar-refractivity contribution is 6.31. The van der Waals surface area contributed by atoms with Crippen molar-refractivity contribution < 1.29 is 5.11 Å². The molecule has 0 radical (unpaired) electrons. The SMILES string of the molecule is CCc1ccccc1C(O)Cc1ccncc1Cl. The van der Waals surface area contributed by atoms with Gasteiger partial charge in [0.2, 0.25) is 0 Å². The van der Waals surface area contributed by atoms with E-state index in [1.165, 1.54) is 5.56 Å². The number of hydrogen-bond donors (Lipinski definition) is 1. The van der Waals surface area contributed by atoms with Crippen molar-refractivity contribution in [3.63, 3.8) is 0 Å². The van der Waals surface area contributed by atoms with Crippen LogP contribution in [0.3, 0.4) is 0 Å². The van der Waals surface area contributed by atoms with E-state index in [1.807, 2.05) is 30.3 Å². The second kappa shape index (κ2) is 5.98. The van der Waals surface area contributed by atoms with Gasteiger partial charge in [0.25, 0.3) is 0 Å². The van der Waals surface area contributed by atoms with Gasteiger partial charge >= 0.3 is 0 Å². The van der Waals surface area contributed by atoms with Crippen LogP contribution in [0.2, 0.25) is 5.02 Å². The van der Waals surface area contributed by atoms with Crippen molar-refractivity contribution in [2.45, 2.75) is 25.9 Å². The first-order valence-electron chi connectivity index (χ1n) is 6.06. The summed E-state index contributed by atoms with van der Waals surface area (Å²) in [6, 6.07) is 9.81. The largest absolute Gasteiger partial charge is 0.388 e. The highest BCUT2D eigenvalue weighted by Crippen LogP contribution is 2.25. The third kappa shape index (κ3) is 2.89. The number of aliphatic hydroxyl groups excluding tert-OH is 1. The molecule has 1 heterocycles. The molecule has 1 unspecified atom stereocenters. The predicted octanol–water partition coefficient (Wildman–Crippen LogP) is 3.57. The number of halogens is 1. The Bertz CT molecular complexity index is 527. The fraction of sp³-hybridized carbons (Fsp3) is 0.267. The lowest BCUT2D eigenvalue weighted by molar-refractivity contribution is 0.177. The van der Waals surface area contributed by atoms with Gasteiger partial charge in [-0.15, -0.1) is 0 Å². The Labute approximate surface area is 112 Å². The molecule has 0 bridgehead atoms. The highest BCUT2D eigenvalue weighted by Gasteiger charge is 2.13. The zero-order chi connectivity index (χ0) is 13.0. The lowest BCUT2D eigenvalue weighted by Gasteiger charge is -2.15. The second-order valence-corrected chi connectivity index (χ2v) is 4.65. The van der Waals surface area contributed by atoms with Gasteiger partial charge in [0, 0.05) is 18.8 Å². The summed E-state index contributed by atoms with van der Waals surface area (Å²) in [6.45, 7) is 2.09. The molecule has 0 spiro atoms. The average molecular weight is 262 g/mol. The van der Waals surface area contributed by atoms with Crippen LogP contribution >= 0.6 is 11.6 Å². The Morgan fingerprint density at radius 3 is 2.72 bits per heavy atom. The monoisotopic (exact) mass is 261 g/mol. The van der Waals surface area contributed by atoms with Crippen LogP contribution in [-0.4, -0.2) is 10.1 Å². The van der Waals surface area contributed by atoms with Crippen LogP contribution in [0.25, 0.3) is 0 Å². The number of aromatic nitrogens is 1. The van der Waals surface area contributed by atoms with Gasteiger partial charge in [0.05, 0.1) is 11.1 Å². The first kappa shape index (κ1) is 13.1. The number of rotatable bonds is 4. The van der Waals surface area contributed by atoms with Gasteiger partial charge in [-0.2, -0.15) is 0 Å². The Kier molecular flexibility index (Phi) is 4.34. The summed E-state index contributed by atoms with van der Waals surface area (Å²) < 4.78 is 0. The minimum atomic E-state index is -0.527. The third-order valence-corrected chi connectivity index (χ3v) is 3.41. The number of pyridine rings is 1. The van der Waals surface area contributed by atoms with Gasteiger partial charge in [-0.1, -0.05) is 42.8 Å². The molecule has 2 aromatic rings. The molecular formula is C15H16ClNO. The van der Waals surface area contributed by atoms with Gasteiger partial charge in [0.15, 0.2) is 0 Å². The molecule has 1 aromatic carbocycles. The van der Waals surface area contributed by atoms with Crippen LogP contribution in [0.1, 0.15) is 29.7 Å². The maximum Gasteiger partial charge on any atom is 0.0833 e. The summed E-state index contributed by atoms with van der Waals surface area (Å²) in [4.78, 5) is 3.95. The number of hydrogen-bond acceptors (Lipinski definition) is 2. The van der Waals surface area contributed by atoms with E-state index in [2.05, 4.69) is 11.9 Å². The van der Waals surface area contributed by atoms with Crippen molar-refractivity contribution in [3.05, 3.63) is 64.4 Å². The summed E-state index contributed by atoms with van der Waals surface area (Å²) in [5.41, 5.74) is 3.08. The molecule has 0 amide bonds. The Hall–Kier alpha value is -1.38. The zero-order valence-corrected chi connectivity index (χ0v) is 11.1. The molecular weight excluding hydrogens is 246 g/mol. The molecule has 0 aliphatic heterocycles. The summed E-state index contributed by atoms with van der Waals surface area (Å²) in [5, 5.41) is 10.9. The normalized spacial score (nSPS) is 12.4. The summed E-state index contributed by atoms with van der Waals surface area (Å²) in [6.07, 6.45) is 4.20. The van der Waals surface area contributed by atoms with Gasteiger partial charge < -0.3 is 5.11 Å². The first-order chi connectivity index (χ1) is 8.72. The Morgan fingerprint density at radius 2 is 2.00 bits per heavy atom. The van der Waals surface area contributed by atoms with Crippen LogP contribution in [0.15, 0.2) is 42.7 Å². The van der Waals surface area contributed by atoms with Gasteiger partial charge in [-0.3, -0.25) is 4.98 Å². The summed E-state index contributed by atoms with van der Waals surface area (Å²) in [7, 11) is 0. The third-order valence-electron chi connectivity index (χ3n) is 3.06. The summed E-state index contributed by atoms with van der Waals surface area (Å²) >= 11 is 6.06. The second-order valence-electron chi connectivity index (χ2n) is 4.24. The molecule has 18 heavy (non-hydrogen) atoms. The maximum atomic E-state index is 10.3. The molecule has 1 N–H and O–H groups in total. The number of nitrogens with zero attached hydrogens (tertiary/aromatic N) is 1. The fourth-order valence-electron chi connectivity index (χ4n) is 2.07. The predicted molar refractivity (Wildman–Crippen MR) is 73.7 cm³/mol. The van der Waals surface area contributed by atoms with Gasteiger partial charge in [-0.05, 0) is 29.2 Å². The lowest BCUT2D eigenvalue weighted by Crippen LogP contribution is -2.05. The Morgan fingerprint density at radius 1 is 1.22 bits per heavy atom. The van der Waals surface area contributed by atoms with E-state index >= 15 is 0 Å². The fourth-order valence-corrected chi connectivity index (χ4v) is 2.27. The smallest absolute Gasteiger partial charge is 0.0833 e. The van der Waals surface area contributed by atoms with Crippen molar-refractivity contribution in [2.24, 2.45) is 0 Å². The zero-order valence-electron chi connectivity index (χ0n) is 10.3. The number of aryl methyl sites for hydroxylation is 1. The molecule has 2 nitrogen and oxygen atoms in total. The summed E-state index contributed by atoms with van der Waals surface area (Å²) in [5.74, 6) is 0. The molecule has 0 fully saturated rings. The molecule has 0 aliphatic rings.